The van der Waals surface area contributed by atoms with E-state index in [1.807, 2.05) is 0 Å². The number of halogens is 1. The zero-order valence-corrected chi connectivity index (χ0v) is 14.7. The lowest BCUT2D eigenvalue weighted by molar-refractivity contribution is -0.113. The third kappa shape index (κ3) is 4.71. The number of ether oxygens (including phenoxy) is 1. The van der Waals surface area contributed by atoms with Crippen LogP contribution >= 0.6 is 11.6 Å². The standard InChI is InChI=1S/C16H15ClN2O5S/c1-24-14-7-2-10(16(18)21)8-13(14)19-15(20)9-25(22,23)12-5-3-11(17)4-6-12/h2-8H,9H2,1H3,(H2,18,21)(H,19,20). The molecule has 2 amide bonds. The number of carbonyl (C=O) groups excluding carboxylic acids is 2. The van der Waals surface area contributed by atoms with E-state index < -0.39 is 27.4 Å². The van der Waals surface area contributed by atoms with Crippen molar-refractivity contribution in [1.29, 1.82) is 0 Å². The van der Waals surface area contributed by atoms with Gasteiger partial charge in [0.15, 0.2) is 9.84 Å². The Bertz CT molecular complexity index is 911. The van der Waals surface area contributed by atoms with Crippen LogP contribution in [0.4, 0.5) is 5.69 Å². The van der Waals surface area contributed by atoms with Gasteiger partial charge >= 0.3 is 0 Å². The maximum atomic E-state index is 12.3. The van der Waals surface area contributed by atoms with Gasteiger partial charge in [0.2, 0.25) is 11.8 Å². The van der Waals surface area contributed by atoms with Crippen LogP contribution in [0.15, 0.2) is 47.4 Å². The fraction of sp³-hybridized carbons (Fsp3) is 0.125. The van der Waals surface area contributed by atoms with Crippen LogP contribution in [-0.2, 0) is 14.6 Å². The van der Waals surface area contributed by atoms with Gasteiger partial charge in [0.05, 0.1) is 17.7 Å². The van der Waals surface area contributed by atoms with Crippen LogP contribution in [0.25, 0.3) is 0 Å². The smallest absolute Gasteiger partial charge is 0.248 e. The molecule has 0 aliphatic carbocycles. The number of sulfone groups is 1. The zero-order valence-electron chi connectivity index (χ0n) is 13.2. The lowest BCUT2D eigenvalue weighted by Crippen LogP contribution is -2.23. The molecule has 0 atom stereocenters. The van der Waals surface area contributed by atoms with E-state index in [-0.39, 0.29) is 21.9 Å². The number of rotatable bonds is 6. The summed E-state index contributed by atoms with van der Waals surface area (Å²) in [5.41, 5.74) is 5.49. The average molecular weight is 383 g/mol. The predicted molar refractivity (Wildman–Crippen MR) is 93.6 cm³/mol. The average Bonchev–Trinajstić information content (AvgIpc) is 2.54. The van der Waals surface area contributed by atoms with Gasteiger partial charge in [-0.3, -0.25) is 9.59 Å². The topological polar surface area (TPSA) is 116 Å². The van der Waals surface area contributed by atoms with Crippen LogP contribution in [0.2, 0.25) is 5.02 Å². The molecule has 2 aromatic rings. The van der Waals surface area contributed by atoms with Gasteiger partial charge in [-0.05, 0) is 42.5 Å². The van der Waals surface area contributed by atoms with Crippen molar-refractivity contribution in [2.45, 2.75) is 4.90 Å². The summed E-state index contributed by atoms with van der Waals surface area (Å²) in [6.45, 7) is 0. The number of methoxy groups -OCH3 is 1. The van der Waals surface area contributed by atoms with E-state index in [4.69, 9.17) is 22.1 Å². The van der Waals surface area contributed by atoms with E-state index in [0.717, 1.165) is 0 Å². The first-order valence-corrected chi connectivity index (χ1v) is 9.02. The molecule has 0 saturated heterocycles. The molecule has 0 aliphatic rings. The first kappa shape index (κ1) is 18.8. The normalized spacial score (nSPS) is 11.0. The summed E-state index contributed by atoms with van der Waals surface area (Å²) >= 11 is 5.72. The Morgan fingerprint density at radius 2 is 1.80 bits per heavy atom. The summed E-state index contributed by atoms with van der Waals surface area (Å²) in [7, 11) is -2.47. The Morgan fingerprint density at radius 1 is 1.16 bits per heavy atom. The van der Waals surface area contributed by atoms with Crippen LogP contribution < -0.4 is 15.8 Å². The molecule has 0 bridgehead atoms. The zero-order chi connectivity index (χ0) is 18.6. The third-order valence-corrected chi connectivity index (χ3v) is 5.14. The maximum Gasteiger partial charge on any atom is 0.248 e. The van der Waals surface area contributed by atoms with Crippen LogP contribution in [0, 0.1) is 0 Å². The molecule has 3 N–H and O–H groups in total. The van der Waals surface area contributed by atoms with Gasteiger partial charge in [0.1, 0.15) is 11.5 Å². The Morgan fingerprint density at radius 3 is 2.36 bits per heavy atom. The number of carbonyl (C=O) groups is 2. The molecular formula is C16H15ClN2O5S. The quantitative estimate of drug-likeness (QED) is 0.791. The molecule has 0 fully saturated rings. The SMILES string of the molecule is COc1ccc(C(N)=O)cc1NC(=O)CS(=O)(=O)c1ccc(Cl)cc1. The molecule has 7 nitrogen and oxygen atoms in total. The Labute approximate surface area is 149 Å². The van der Waals surface area contributed by atoms with Crippen molar-refractivity contribution in [3.05, 3.63) is 53.1 Å². The molecular weight excluding hydrogens is 368 g/mol. The molecule has 0 unspecified atom stereocenters. The van der Waals surface area contributed by atoms with Gasteiger partial charge in [-0.25, -0.2) is 8.42 Å². The van der Waals surface area contributed by atoms with Crippen LogP contribution in [0.1, 0.15) is 10.4 Å². The molecule has 2 aromatic carbocycles. The molecule has 0 spiro atoms. The van der Waals surface area contributed by atoms with Crippen molar-refractivity contribution in [3.8, 4) is 5.75 Å². The lowest BCUT2D eigenvalue weighted by atomic mass is 10.1. The predicted octanol–water partition coefficient (Wildman–Crippen LogP) is 1.86. The summed E-state index contributed by atoms with van der Waals surface area (Å²) in [6.07, 6.45) is 0. The summed E-state index contributed by atoms with van der Waals surface area (Å²) in [6, 6.07) is 9.68. The highest BCUT2D eigenvalue weighted by atomic mass is 35.5. The third-order valence-electron chi connectivity index (χ3n) is 3.25. The largest absolute Gasteiger partial charge is 0.495 e. The van der Waals surface area contributed by atoms with Gasteiger partial charge in [-0.2, -0.15) is 0 Å². The Kier molecular flexibility index (Phi) is 5.66. The van der Waals surface area contributed by atoms with Crippen molar-refractivity contribution in [2.24, 2.45) is 5.73 Å². The van der Waals surface area contributed by atoms with Crippen LogP contribution in [0.5, 0.6) is 5.75 Å². The van der Waals surface area contributed by atoms with Crippen molar-refractivity contribution < 1.29 is 22.7 Å². The highest BCUT2D eigenvalue weighted by molar-refractivity contribution is 7.92. The molecule has 9 heteroatoms. The number of nitrogens with one attached hydrogen (secondary N) is 1. The number of amides is 2. The number of hydrogen-bond acceptors (Lipinski definition) is 5. The van der Waals surface area contributed by atoms with Crippen molar-refractivity contribution in [1.82, 2.24) is 0 Å². The molecule has 132 valence electrons. The second-order valence-corrected chi connectivity index (χ2v) is 7.47. The molecule has 25 heavy (non-hydrogen) atoms. The van der Waals surface area contributed by atoms with Crippen LogP contribution in [-0.4, -0.2) is 33.1 Å². The summed E-state index contributed by atoms with van der Waals surface area (Å²) in [5, 5.41) is 2.80. The number of nitrogens with two attached hydrogens (primary N) is 1. The Balaban J connectivity index is 2.21. The van der Waals surface area contributed by atoms with Crippen molar-refractivity contribution in [3.63, 3.8) is 0 Å². The van der Waals surface area contributed by atoms with E-state index >= 15 is 0 Å². The van der Waals surface area contributed by atoms with Gasteiger partial charge in [0, 0.05) is 10.6 Å². The molecule has 0 heterocycles. The molecule has 0 aromatic heterocycles. The molecule has 0 saturated carbocycles. The highest BCUT2D eigenvalue weighted by Crippen LogP contribution is 2.25. The monoisotopic (exact) mass is 382 g/mol. The van der Waals surface area contributed by atoms with Gasteiger partial charge in [-0.15, -0.1) is 0 Å². The second kappa shape index (κ2) is 7.54. The maximum absolute atomic E-state index is 12.3. The molecule has 0 aliphatic heterocycles. The summed E-state index contributed by atoms with van der Waals surface area (Å²) < 4.78 is 29.6. The minimum atomic E-state index is -3.85. The van der Waals surface area contributed by atoms with E-state index in [1.54, 1.807) is 0 Å². The second-order valence-electron chi connectivity index (χ2n) is 5.04. The number of anilines is 1. The summed E-state index contributed by atoms with van der Waals surface area (Å²) in [4.78, 5) is 23.3. The molecule has 2 rings (SSSR count). The number of primary amides is 1. The number of benzene rings is 2. The van der Waals surface area contributed by atoms with E-state index in [2.05, 4.69) is 5.32 Å². The van der Waals surface area contributed by atoms with Crippen molar-refractivity contribution >= 4 is 38.9 Å². The van der Waals surface area contributed by atoms with E-state index in [1.165, 1.54) is 49.6 Å². The van der Waals surface area contributed by atoms with Gasteiger partial charge in [-0.1, -0.05) is 11.6 Å². The highest BCUT2D eigenvalue weighted by Gasteiger charge is 2.20. The first-order valence-electron chi connectivity index (χ1n) is 6.99. The van der Waals surface area contributed by atoms with Gasteiger partial charge in [0.25, 0.3) is 0 Å². The minimum Gasteiger partial charge on any atom is -0.495 e. The van der Waals surface area contributed by atoms with Crippen LogP contribution in [0.3, 0.4) is 0 Å². The Hall–Kier alpha value is -2.58. The van der Waals surface area contributed by atoms with Gasteiger partial charge < -0.3 is 15.8 Å². The number of hydrogen-bond donors (Lipinski definition) is 2. The first-order chi connectivity index (χ1) is 11.7. The van der Waals surface area contributed by atoms with E-state index in [9.17, 15) is 18.0 Å². The molecule has 0 radical (unpaired) electrons. The lowest BCUT2D eigenvalue weighted by Gasteiger charge is -2.11. The fourth-order valence-electron chi connectivity index (χ4n) is 2.04. The van der Waals surface area contributed by atoms with Crippen molar-refractivity contribution in [2.75, 3.05) is 18.2 Å². The summed E-state index contributed by atoms with van der Waals surface area (Å²) in [5.74, 6) is -1.98. The van der Waals surface area contributed by atoms with E-state index in [0.29, 0.717) is 5.02 Å². The minimum absolute atomic E-state index is 0.0232. The fourth-order valence-corrected chi connectivity index (χ4v) is 3.30.